The Morgan fingerprint density at radius 3 is 2.41 bits per heavy atom. The predicted octanol–water partition coefficient (Wildman–Crippen LogP) is 6.08. The van der Waals surface area contributed by atoms with Crippen LogP contribution in [-0.4, -0.2) is 0 Å². The molecule has 1 atom stereocenters. The zero-order valence-corrected chi connectivity index (χ0v) is 13.7. The van der Waals surface area contributed by atoms with Crippen LogP contribution < -0.4 is 0 Å². The predicted molar refractivity (Wildman–Crippen MR) is 93.6 cm³/mol. The van der Waals surface area contributed by atoms with Crippen LogP contribution in [0.1, 0.15) is 63.9 Å². The van der Waals surface area contributed by atoms with Crippen LogP contribution in [-0.2, 0) is 5.41 Å². The number of benzene rings is 1. The van der Waals surface area contributed by atoms with Gasteiger partial charge in [-0.3, -0.25) is 0 Å². The van der Waals surface area contributed by atoms with Crippen LogP contribution in [0.5, 0.6) is 0 Å². The van der Waals surface area contributed by atoms with Gasteiger partial charge in [-0.1, -0.05) is 87.9 Å². The van der Waals surface area contributed by atoms with E-state index in [-0.39, 0.29) is 5.41 Å². The van der Waals surface area contributed by atoms with Crippen LogP contribution in [0.2, 0.25) is 0 Å². The van der Waals surface area contributed by atoms with Crippen molar-refractivity contribution in [1.29, 1.82) is 5.26 Å². The first-order chi connectivity index (χ1) is 10.8. The van der Waals surface area contributed by atoms with E-state index in [9.17, 15) is 0 Å². The zero-order chi connectivity index (χ0) is 15.7. The van der Waals surface area contributed by atoms with Crippen molar-refractivity contribution in [1.82, 2.24) is 0 Å². The minimum atomic E-state index is 0.0896. The molecule has 0 heterocycles. The Morgan fingerprint density at radius 1 is 1.05 bits per heavy atom. The first kappa shape index (κ1) is 16.6. The van der Waals surface area contributed by atoms with Gasteiger partial charge >= 0.3 is 0 Å². The summed E-state index contributed by atoms with van der Waals surface area (Å²) in [5, 5.41) is 9.06. The van der Waals surface area contributed by atoms with Crippen LogP contribution in [0, 0.1) is 11.3 Å². The molecule has 0 aromatic heterocycles. The van der Waals surface area contributed by atoms with E-state index in [4.69, 9.17) is 5.26 Å². The highest BCUT2D eigenvalue weighted by atomic mass is 14.3. The van der Waals surface area contributed by atoms with Crippen molar-refractivity contribution >= 4 is 0 Å². The van der Waals surface area contributed by atoms with Crippen LogP contribution in [0.3, 0.4) is 0 Å². The zero-order valence-electron chi connectivity index (χ0n) is 13.7. The van der Waals surface area contributed by atoms with Crippen LogP contribution in [0.4, 0.5) is 0 Å². The minimum Gasteiger partial charge on any atom is -0.192 e. The van der Waals surface area contributed by atoms with E-state index in [1.165, 1.54) is 50.5 Å². The van der Waals surface area contributed by atoms with Gasteiger partial charge in [0.2, 0.25) is 0 Å². The monoisotopic (exact) mass is 293 g/mol. The van der Waals surface area contributed by atoms with Crippen molar-refractivity contribution in [3.05, 3.63) is 59.7 Å². The maximum Gasteiger partial charge on any atom is 0.0988 e. The van der Waals surface area contributed by atoms with Gasteiger partial charge in [-0.15, -0.1) is 0 Å². The third-order valence-electron chi connectivity index (χ3n) is 4.72. The van der Waals surface area contributed by atoms with E-state index in [0.29, 0.717) is 0 Å². The molecule has 2 rings (SSSR count). The Hall–Kier alpha value is -1.81. The maximum atomic E-state index is 9.06. The molecule has 0 radical (unpaired) electrons. The maximum absolute atomic E-state index is 9.06. The average molecular weight is 293 g/mol. The quantitative estimate of drug-likeness (QED) is 0.532. The molecule has 116 valence electrons. The van der Waals surface area contributed by atoms with Gasteiger partial charge in [0.05, 0.1) is 6.07 Å². The van der Waals surface area contributed by atoms with Crippen molar-refractivity contribution in [2.45, 2.75) is 63.7 Å². The number of hydrogen-bond acceptors (Lipinski definition) is 1. The van der Waals surface area contributed by atoms with Gasteiger partial charge < -0.3 is 0 Å². The molecule has 1 aliphatic carbocycles. The molecule has 0 aliphatic heterocycles. The smallest absolute Gasteiger partial charge is 0.0988 e. The summed E-state index contributed by atoms with van der Waals surface area (Å²) in [5.41, 5.74) is 2.27. The Morgan fingerprint density at radius 2 is 1.77 bits per heavy atom. The lowest BCUT2D eigenvalue weighted by atomic mass is 9.71. The number of nitriles is 1. The molecule has 0 N–H and O–H groups in total. The summed E-state index contributed by atoms with van der Waals surface area (Å²) < 4.78 is 0. The lowest BCUT2D eigenvalue weighted by molar-refractivity contribution is 0.452. The summed E-state index contributed by atoms with van der Waals surface area (Å²) in [7, 11) is 0. The summed E-state index contributed by atoms with van der Waals surface area (Å²) >= 11 is 0. The van der Waals surface area contributed by atoms with E-state index in [1.807, 2.05) is 6.08 Å². The average Bonchev–Trinajstić information content (AvgIpc) is 2.59. The highest BCUT2D eigenvalue weighted by Gasteiger charge is 2.29. The van der Waals surface area contributed by atoms with E-state index >= 15 is 0 Å². The minimum absolute atomic E-state index is 0.0896. The molecule has 1 nitrogen and oxygen atoms in total. The molecule has 0 saturated carbocycles. The van der Waals surface area contributed by atoms with Crippen molar-refractivity contribution < 1.29 is 0 Å². The van der Waals surface area contributed by atoms with Gasteiger partial charge in [-0.2, -0.15) is 5.26 Å². The van der Waals surface area contributed by atoms with Gasteiger partial charge in [0, 0.05) is 11.0 Å². The molecule has 1 aromatic rings. The molecule has 0 fully saturated rings. The number of allylic oxidation sites excluding steroid dienone is 4. The highest BCUT2D eigenvalue weighted by Crippen LogP contribution is 2.38. The third kappa shape index (κ3) is 4.34. The van der Waals surface area contributed by atoms with E-state index in [2.05, 4.69) is 55.5 Å². The number of nitrogens with zero attached hydrogens (tertiary/aromatic N) is 1. The standard InChI is InChI=1S/C21H27N/c1-2-3-4-5-6-10-15-21(20-11-8-7-9-12-20)16-13-19(18-22)14-17-21/h7-9,11-14,16H,2-6,10,15,17H2,1H3. The summed E-state index contributed by atoms with van der Waals surface area (Å²) in [6.45, 7) is 2.26. The number of rotatable bonds is 8. The van der Waals surface area contributed by atoms with E-state index in [1.54, 1.807) is 0 Å². The molecule has 22 heavy (non-hydrogen) atoms. The van der Waals surface area contributed by atoms with Crippen molar-refractivity contribution in [3.63, 3.8) is 0 Å². The SMILES string of the molecule is CCCCCCCCC1(c2ccccc2)C=CC(C#N)=CC1. The second-order valence-corrected chi connectivity index (χ2v) is 6.35. The summed E-state index contributed by atoms with van der Waals surface area (Å²) in [5.74, 6) is 0. The Kier molecular flexibility index (Phi) is 6.46. The molecule has 1 heteroatoms. The van der Waals surface area contributed by atoms with Gasteiger partial charge in [-0.05, 0) is 24.5 Å². The van der Waals surface area contributed by atoms with E-state index < -0.39 is 0 Å². The largest absolute Gasteiger partial charge is 0.192 e. The molecule has 0 spiro atoms. The third-order valence-corrected chi connectivity index (χ3v) is 4.72. The molecule has 0 bridgehead atoms. The van der Waals surface area contributed by atoms with Crippen molar-refractivity contribution in [2.75, 3.05) is 0 Å². The summed E-state index contributed by atoms with van der Waals surface area (Å²) in [6.07, 6.45) is 16.5. The molecule has 0 amide bonds. The van der Waals surface area contributed by atoms with Gasteiger partial charge in [0.1, 0.15) is 0 Å². The summed E-state index contributed by atoms with van der Waals surface area (Å²) in [4.78, 5) is 0. The van der Waals surface area contributed by atoms with Crippen LogP contribution >= 0.6 is 0 Å². The first-order valence-corrected chi connectivity index (χ1v) is 8.66. The highest BCUT2D eigenvalue weighted by molar-refractivity contribution is 5.43. The number of hydrogen-bond donors (Lipinski definition) is 0. The second-order valence-electron chi connectivity index (χ2n) is 6.35. The molecule has 1 aliphatic rings. The van der Waals surface area contributed by atoms with Crippen LogP contribution in [0.25, 0.3) is 0 Å². The first-order valence-electron chi connectivity index (χ1n) is 8.66. The van der Waals surface area contributed by atoms with E-state index in [0.717, 1.165) is 12.0 Å². The van der Waals surface area contributed by atoms with Crippen LogP contribution in [0.15, 0.2) is 54.1 Å². The Bertz CT molecular complexity index is 547. The van der Waals surface area contributed by atoms with Gasteiger partial charge in [0.15, 0.2) is 0 Å². The molecular weight excluding hydrogens is 266 g/mol. The lowest BCUT2D eigenvalue weighted by Crippen LogP contribution is -2.24. The molecule has 1 aromatic carbocycles. The Labute approximate surface area is 135 Å². The molecule has 0 saturated heterocycles. The normalized spacial score (nSPS) is 20.5. The fourth-order valence-corrected chi connectivity index (χ4v) is 3.30. The molecular formula is C21H27N. The fourth-order valence-electron chi connectivity index (χ4n) is 3.30. The van der Waals surface area contributed by atoms with Crippen molar-refractivity contribution in [3.8, 4) is 6.07 Å². The topological polar surface area (TPSA) is 23.8 Å². The molecule has 1 unspecified atom stereocenters. The van der Waals surface area contributed by atoms with Crippen molar-refractivity contribution in [2.24, 2.45) is 0 Å². The second kappa shape index (κ2) is 8.59. The van der Waals surface area contributed by atoms with Gasteiger partial charge in [-0.25, -0.2) is 0 Å². The summed E-state index contributed by atoms with van der Waals surface area (Å²) in [6, 6.07) is 13.0. The Balaban J connectivity index is 2.00. The fraction of sp³-hybridized carbons (Fsp3) is 0.476. The van der Waals surface area contributed by atoms with Gasteiger partial charge in [0.25, 0.3) is 0 Å². The number of unbranched alkanes of at least 4 members (excludes halogenated alkanes) is 5. The lowest BCUT2D eigenvalue weighted by Gasteiger charge is -2.32.